The molecular weight excluding hydrogens is 292 g/mol. The fraction of sp³-hybridized carbons (Fsp3) is 0.933. The maximum atomic E-state index is 12.5. The van der Waals surface area contributed by atoms with Gasteiger partial charge in [-0.3, -0.25) is 14.6 Å². The third-order valence-corrected chi connectivity index (χ3v) is 4.83. The van der Waals surface area contributed by atoms with Gasteiger partial charge in [-0.1, -0.05) is 0 Å². The number of morpholine rings is 2. The fourth-order valence-corrected chi connectivity index (χ4v) is 3.57. The first-order valence-electron chi connectivity index (χ1n) is 7.97. The molecule has 0 aromatic rings. The van der Waals surface area contributed by atoms with E-state index in [0.717, 1.165) is 78.5 Å². The zero-order chi connectivity index (χ0) is 13.8. The molecule has 0 spiro atoms. The van der Waals surface area contributed by atoms with E-state index >= 15 is 0 Å². The Balaban J connectivity index is 0.00000161. The van der Waals surface area contributed by atoms with Gasteiger partial charge >= 0.3 is 0 Å². The number of halogens is 1. The van der Waals surface area contributed by atoms with Gasteiger partial charge in [0.2, 0.25) is 0 Å². The number of carbonyl (C=O) groups is 1. The molecule has 5 nitrogen and oxygen atoms in total. The fourth-order valence-electron chi connectivity index (χ4n) is 3.57. The van der Waals surface area contributed by atoms with E-state index in [2.05, 4.69) is 9.80 Å². The molecule has 1 saturated carbocycles. The molecule has 0 aromatic heterocycles. The molecule has 0 amide bonds. The van der Waals surface area contributed by atoms with Crippen LogP contribution in [0.5, 0.6) is 0 Å². The summed E-state index contributed by atoms with van der Waals surface area (Å²) in [5.41, 5.74) is 0. The normalized spacial score (nSPS) is 32.1. The molecule has 122 valence electrons. The Bertz CT molecular complexity index is 301. The van der Waals surface area contributed by atoms with Crippen molar-refractivity contribution in [3.8, 4) is 0 Å². The summed E-state index contributed by atoms with van der Waals surface area (Å²) < 4.78 is 10.7. The van der Waals surface area contributed by atoms with Crippen LogP contribution < -0.4 is 0 Å². The Hall–Kier alpha value is -0.200. The van der Waals surface area contributed by atoms with Crippen molar-refractivity contribution in [1.29, 1.82) is 0 Å². The molecule has 2 atom stereocenters. The number of rotatable bonds is 4. The first kappa shape index (κ1) is 17.2. The lowest BCUT2D eigenvalue weighted by Gasteiger charge is -2.30. The largest absolute Gasteiger partial charge is 0.379 e. The maximum Gasteiger partial charge on any atom is 0.141 e. The van der Waals surface area contributed by atoms with Gasteiger partial charge in [0, 0.05) is 51.1 Å². The van der Waals surface area contributed by atoms with E-state index in [1.165, 1.54) is 0 Å². The zero-order valence-electron chi connectivity index (χ0n) is 12.7. The van der Waals surface area contributed by atoms with E-state index in [1.54, 1.807) is 0 Å². The topological polar surface area (TPSA) is 42.0 Å². The van der Waals surface area contributed by atoms with E-state index in [1.807, 2.05) is 0 Å². The molecule has 2 aliphatic heterocycles. The van der Waals surface area contributed by atoms with Gasteiger partial charge in [-0.25, -0.2) is 0 Å². The Kier molecular flexibility index (Phi) is 6.89. The summed E-state index contributed by atoms with van der Waals surface area (Å²) in [5.74, 6) is 1.03. The highest BCUT2D eigenvalue weighted by Gasteiger charge is 2.36. The highest BCUT2D eigenvalue weighted by Crippen LogP contribution is 2.29. The Morgan fingerprint density at radius 3 is 1.57 bits per heavy atom. The number of hydrogen-bond donors (Lipinski definition) is 0. The van der Waals surface area contributed by atoms with Crippen molar-refractivity contribution in [2.45, 2.75) is 12.8 Å². The van der Waals surface area contributed by atoms with Gasteiger partial charge < -0.3 is 9.47 Å². The second kappa shape index (κ2) is 8.44. The van der Waals surface area contributed by atoms with Crippen LogP contribution in [0.3, 0.4) is 0 Å². The Morgan fingerprint density at radius 2 is 1.19 bits per heavy atom. The van der Waals surface area contributed by atoms with E-state index < -0.39 is 0 Å². The average molecular weight is 319 g/mol. The zero-order valence-corrected chi connectivity index (χ0v) is 13.5. The predicted octanol–water partition coefficient (Wildman–Crippen LogP) is 0.668. The molecule has 2 unspecified atom stereocenters. The average Bonchev–Trinajstić information content (AvgIpc) is 2.83. The molecule has 0 radical (unpaired) electrons. The van der Waals surface area contributed by atoms with E-state index in [9.17, 15) is 4.79 Å². The van der Waals surface area contributed by atoms with Crippen LogP contribution >= 0.6 is 12.4 Å². The minimum absolute atomic E-state index is 0. The van der Waals surface area contributed by atoms with Gasteiger partial charge in [0.15, 0.2) is 0 Å². The molecule has 6 heteroatoms. The van der Waals surface area contributed by atoms with E-state index in [0.29, 0.717) is 5.78 Å². The first-order valence-corrected chi connectivity index (χ1v) is 7.97. The molecule has 3 rings (SSSR count). The predicted molar refractivity (Wildman–Crippen MR) is 83.0 cm³/mol. The highest BCUT2D eigenvalue weighted by molar-refractivity contribution is 5.86. The smallest absolute Gasteiger partial charge is 0.141 e. The van der Waals surface area contributed by atoms with Gasteiger partial charge in [0.05, 0.1) is 26.4 Å². The minimum atomic E-state index is 0. The standard InChI is InChI=1S/C15H26N2O3.ClH/c18-15-13(11-16-3-7-19-8-4-16)1-2-14(15)12-17-5-9-20-10-6-17;/h13-14H,1-12H2;1H. The number of hydrogen-bond acceptors (Lipinski definition) is 5. The van der Waals surface area contributed by atoms with Crippen LogP contribution in [0.2, 0.25) is 0 Å². The molecular formula is C15H27ClN2O3. The highest BCUT2D eigenvalue weighted by atomic mass is 35.5. The van der Waals surface area contributed by atoms with E-state index in [-0.39, 0.29) is 24.2 Å². The van der Waals surface area contributed by atoms with Crippen molar-refractivity contribution in [3.05, 3.63) is 0 Å². The molecule has 0 N–H and O–H groups in total. The van der Waals surface area contributed by atoms with Crippen LogP contribution in [-0.2, 0) is 14.3 Å². The Labute approximate surface area is 133 Å². The molecule has 1 aliphatic carbocycles. The van der Waals surface area contributed by atoms with Crippen molar-refractivity contribution in [1.82, 2.24) is 9.80 Å². The van der Waals surface area contributed by atoms with Crippen LogP contribution in [-0.4, -0.2) is 81.3 Å². The molecule has 2 heterocycles. The van der Waals surface area contributed by atoms with Gasteiger partial charge in [-0.2, -0.15) is 0 Å². The molecule has 3 fully saturated rings. The van der Waals surface area contributed by atoms with Gasteiger partial charge in [0.25, 0.3) is 0 Å². The minimum Gasteiger partial charge on any atom is -0.379 e. The molecule has 2 saturated heterocycles. The lowest BCUT2D eigenvalue weighted by Crippen LogP contribution is -2.42. The first-order chi connectivity index (χ1) is 9.83. The van der Waals surface area contributed by atoms with Crippen molar-refractivity contribution in [3.63, 3.8) is 0 Å². The second-order valence-electron chi connectivity index (χ2n) is 6.20. The van der Waals surface area contributed by atoms with Crippen molar-refractivity contribution in [2.75, 3.05) is 65.7 Å². The van der Waals surface area contributed by atoms with Crippen LogP contribution in [0, 0.1) is 11.8 Å². The number of ether oxygens (including phenoxy) is 2. The van der Waals surface area contributed by atoms with Crippen molar-refractivity contribution < 1.29 is 14.3 Å². The van der Waals surface area contributed by atoms with Gasteiger partial charge in [0.1, 0.15) is 5.78 Å². The summed E-state index contributed by atoms with van der Waals surface area (Å²) in [6.45, 7) is 9.10. The maximum absolute atomic E-state index is 12.5. The summed E-state index contributed by atoms with van der Waals surface area (Å²) >= 11 is 0. The third kappa shape index (κ3) is 4.63. The van der Waals surface area contributed by atoms with Crippen molar-refractivity contribution in [2.24, 2.45) is 11.8 Å². The van der Waals surface area contributed by atoms with Crippen LogP contribution in [0.25, 0.3) is 0 Å². The summed E-state index contributed by atoms with van der Waals surface area (Å²) in [7, 11) is 0. The lowest BCUT2D eigenvalue weighted by molar-refractivity contribution is -0.125. The summed E-state index contributed by atoms with van der Waals surface area (Å²) in [5, 5.41) is 0. The van der Waals surface area contributed by atoms with Crippen molar-refractivity contribution >= 4 is 18.2 Å². The summed E-state index contributed by atoms with van der Waals surface area (Å²) in [4.78, 5) is 17.3. The summed E-state index contributed by atoms with van der Waals surface area (Å²) in [6.07, 6.45) is 2.15. The molecule has 0 bridgehead atoms. The SMILES string of the molecule is Cl.O=C1C(CN2CCOCC2)CCC1CN1CCOCC1. The monoisotopic (exact) mass is 318 g/mol. The second-order valence-corrected chi connectivity index (χ2v) is 6.20. The molecule has 3 aliphatic rings. The summed E-state index contributed by atoms with van der Waals surface area (Å²) in [6, 6.07) is 0. The third-order valence-electron chi connectivity index (χ3n) is 4.83. The number of ketones is 1. The number of Topliss-reactive ketones (excluding diaryl/α,β-unsaturated/α-hetero) is 1. The van der Waals surface area contributed by atoms with Gasteiger partial charge in [-0.15, -0.1) is 12.4 Å². The quantitative estimate of drug-likeness (QED) is 0.762. The molecule has 21 heavy (non-hydrogen) atoms. The Morgan fingerprint density at radius 1 is 0.810 bits per heavy atom. The number of nitrogens with zero attached hydrogens (tertiary/aromatic N) is 2. The van der Waals surface area contributed by atoms with Crippen LogP contribution in [0.4, 0.5) is 0 Å². The van der Waals surface area contributed by atoms with E-state index in [4.69, 9.17) is 9.47 Å². The number of carbonyl (C=O) groups excluding carboxylic acids is 1. The lowest BCUT2D eigenvalue weighted by atomic mass is 10.0. The van der Waals surface area contributed by atoms with Gasteiger partial charge in [-0.05, 0) is 12.8 Å². The molecule has 0 aromatic carbocycles. The van der Waals surface area contributed by atoms with Crippen LogP contribution in [0.1, 0.15) is 12.8 Å². The van der Waals surface area contributed by atoms with Crippen LogP contribution in [0.15, 0.2) is 0 Å².